The molecule has 1 aromatic heterocycles. The van der Waals surface area contributed by atoms with E-state index < -0.39 is 0 Å². The van der Waals surface area contributed by atoms with Crippen LogP contribution in [0.1, 0.15) is 65.1 Å². The number of nitrogens with one attached hydrogen (secondary N) is 1. The summed E-state index contributed by atoms with van der Waals surface area (Å²) in [5.41, 5.74) is 1.48. The Hall–Kier alpha value is -0.870. The fourth-order valence-electron chi connectivity index (χ4n) is 3.71. The quantitative estimate of drug-likeness (QED) is 0.838. The predicted octanol–water partition coefficient (Wildman–Crippen LogP) is 3.21. The number of nitrogens with zero attached hydrogens (tertiary/aromatic N) is 3. The lowest BCUT2D eigenvalue weighted by atomic mass is 9.83. The standard InChI is InChI=1S/C17H32N4/c1-5-17(4,20-13-9-8-10-14-20)16(18-6-2)15-11-12-19-21(15)7-3/h11-12,16,18H,5-10,13-14H2,1-4H3. The van der Waals surface area contributed by atoms with Crippen LogP contribution in [0.15, 0.2) is 12.3 Å². The van der Waals surface area contributed by atoms with Gasteiger partial charge in [-0.2, -0.15) is 5.10 Å². The first-order valence-electron chi connectivity index (χ1n) is 8.67. The molecule has 2 heterocycles. The van der Waals surface area contributed by atoms with Crippen LogP contribution in [0.3, 0.4) is 0 Å². The number of hydrogen-bond acceptors (Lipinski definition) is 3. The molecule has 0 amide bonds. The van der Waals surface area contributed by atoms with Crippen molar-refractivity contribution >= 4 is 0 Å². The Kier molecular flexibility index (Phi) is 5.82. The first-order chi connectivity index (χ1) is 10.2. The number of aromatic nitrogens is 2. The molecule has 21 heavy (non-hydrogen) atoms. The van der Waals surface area contributed by atoms with Crippen LogP contribution < -0.4 is 5.32 Å². The van der Waals surface area contributed by atoms with Gasteiger partial charge in [-0.1, -0.05) is 20.3 Å². The van der Waals surface area contributed by atoms with Crippen LogP contribution in [-0.2, 0) is 6.54 Å². The largest absolute Gasteiger partial charge is 0.307 e. The molecule has 120 valence electrons. The van der Waals surface area contributed by atoms with Crippen molar-refractivity contribution in [2.24, 2.45) is 0 Å². The molecule has 1 aromatic rings. The third kappa shape index (κ3) is 3.32. The summed E-state index contributed by atoms with van der Waals surface area (Å²) in [7, 11) is 0. The molecule has 4 heteroatoms. The van der Waals surface area contributed by atoms with Gasteiger partial charge in [0, 0.05) is 18.3 Å². The molecule has 0 radical (unpaired) electrons. The average molecular weight is 292 g/mol. The van der Waals surface area contributed by atoms with E-state index in [1.54, 1.807) is 0 Å². The van der Waals surface area contributed by atoms with Crippen molar-refractivity contribution in [3.8, 4) is 0 Å². The van der Waals surface area contributed by atoms with E-state index in [1.807, 2.05) is 6.20 Å². The monoisotopic (exact) mass is 292 g/mol. The van der Waals surface area contributed by atoms with Gasteiger partial charge in [0.05, 0.1) is 11.7 Å². The molecule has 1 aliphatic heterocycles. The molecule has 0 aliphatic carbocycles. The first kappa shape index (κ1) is 16.5. The molecule has 4 nitrogen and oxygen atoms in total. The molecule has 0 saturated carbocycles. The van der Waals surface area contributed by atoms with Crippen LogP contribution in [0.25, 0.3) is 0 Å². The Morgan fingerprint density at radius 2 is 1.95 bits per heavy atom. The van der Waals surface area contributed by atoms with Crippen LogP contribution in [0.5, 0.6) is 0 Å². The van der Waals surface area contributed by atoms with Gasteiger partial charge in [0.2, 0.25) is 0 Å². The second kappa shape index (κ2) is 7.41. The second-order valence-corrected chi connectivity index (χ2v) is 6.32. The molecular formula is C17H32N4. The number of rotatable bonds is 7. The van der Waals surface area contributed by atoms with E-state index in [2.05, 4.69) is 53.8 Å². The van der Waals surface area contributed by atoms with Gasteiger partial charge in [0.15, 0.2) is 0 Å². The maximum Gasteiger partial charge on any atom is 0.0676 e. The van der Waals surface area contributed by atoms with Crippen LogP contribution in [0.2, 0.25) is 0 Å². The highest BCUT2D eigenvalue weighted by Crippen LogP contribution is 2.36. The summed E-state index contributed by atoms with van der Waals surface area (Å²) in [5.74, 6) is 0. The molecule has 2 unspecified atom stereocenters. The number of hydrogen-bond donors (Lipinski definition) is 1. The van der Waals surface area contributed by atoms with Gasteiger partial charge >= 0.3 is 0 Å². The first-order valence-corrected chi connectivity index (χ1v) is 8.67. The van der Waals surface area contributed by atoms with Crippen molar-refractivity contribution in [1.29, 1.82) is 0 Å². The summed E-state index contributed by atoms with van der Waals surface area (Å²) in [4.78, 5) is 2.71. The molecule has 0 bridgehead atoms. The van der Waals surface area contributed by atoms with Gasteiger partial charge in [0.1, 0.15) is 0 Å². The van der Waals surface area contributed by atoms with Crippen molar-refractivity contribution in [3.63, 3.8) is 0 Å². The Bertz CT molecular complexity index is 422. The molecule has 0 spiro atoms. The Balaban J connectivity index is 2.33. The topological polar surface area (TPSA) is 33.1 Å². The Morgan fingerprint density at radius 3 is 2.52 bits per heavy atom. The average Bonchev–Trinajstić information content (AvgIpc) is 3.01. The van der Waals surface area contributed by atoms with Crippen molar-refractivity contribution in [3.05, 3.63) is 18.0 Å². The SMILES string of the molecule is CCNC(c1ccnn1CC)C(C)(CC)N1CCCCC1. The van der Waals surface area contributed by atoms with Gasteiger partial charge in [-0.25, -0.2) is 0 Å². The molecule has 1 fully saturated rings. The highest BCUT2D eigenvalue weighted by atomic mass is 15.3. The molecule has 0 aromatic carbocycles. The minimum atomic E-state index is 0.156. The fourth-order valence-corrected chi connectivity index (χ4v) is 3.71. The maximum atomic E-state index is 4.49. The molecular weight excluding hydrogens is 260 g/mol. The van der Waals surface area contributed by atoms with Gasteiger partial charge < -0.3 is 5.32 Å². The minimum Gasteiger partial charge on any atom is -0.307 e. The van der Waals surface area contributed by atoms with Crippen LogP contribution in [0.4, 0.5) is 0 Å². The van der Waals surface area contributed by atoms with Crippen molar-refractivity contribution < 1.29 is 0 Å². The highest BCUT2D eigenvalue weighted by Gasteiger charge is 2.40. The van der Waals surface area contributed by atoms with Gasteiger partial charge in [-0.3, -0.25) is 9.58 Å². The van der Waals surface area contributed by atoms with Crippen molar-refractivity contribution in [2.45, 2.75) is 71.5 Å². The zero-order valence-electron chi connectivity index (χ0n) is 14.2. The van der Waals surface area contributed by atoms with E-state index >= 15 is 0 Å². The summed E-state index contributed by atoms with van der Waals surface area (Å²) in [6.07, 6.45) is 7.15. The van der Waals surface area contributed by atoms with E-state index in [1.165, 1.54) is 38.0 Å². The Morgan fingerprint density at radius 1 is 1.24 bits per heavy atom. The number of aryl methyl sites for hydroxylation is 1. The van der Waals surface area contributed by atoms with Crippen LogP contribution >= 0.6 is 0 Å². The third-order valence-corrected chi connectivity index (χ3v) is 5.17. The van der Waals surface area contributed by atoms with Crippen molar-refractivity contribution in [1.82, 2.24) is 20.0 Å². The van der Waals surface area contributed by atoms with E-state index in [-0.39, 0.29) is 5.54 Å². The lowest BCUT2D eigenvalue weighted by molar-refractivity contribution is 0.0402. The molecule has 1 saturated heterocycles. The van der Waals surface area contributed by atoms with E-state index in [0.29, 0.717) is 6.04 Å². The van der Waals surface area contributed by atoms with E-state index in [9.17, 15) is 0 Å². The number of piperidine rings is 1. The Labute approximate surface area is 129 Å². The molecule has 2 atom stereocenters. The normalized spacial score (nSPS) is 21.1. The third-order valence-electron chi connectivity index (χ3n) is 5.17. The summed E-state index contributed by atoms with van der Waals surface area (Å²) in [5, 5.41) is 8.23. The summed E-state index contributed by atoms with van der Waals surface area (Å²) >= 11 is 0. The zero-order valence-corrected chi connectivity index (χ0v) is 14.2. The lowest BCUT2D eigenvalue weighted by Crippen LogP contribution is -2.56. The maximum absolute atomic E-state index is 4.49. The fraction of sp³-hybridized carbons (Fsp3) is 0.824. The molecule has 1 N–H and O–H groups in total. The van der Waals surface area contributed by atoms with Gasteiger partial charge in [0.25, 0.3) is 0 Å². The molecule has 2 rings (SSSR count). The molecule has 1 aliphatic rings. The van der Waals surface area contributed by atoms with Gasteiger partial charge in [-0.05, 0) is 58.8 Å². The zero-order chi connectivity index (χ0) is 15.3. The smallest absolute Gasteiger partial charge is 0.0676 e. The highest BCUT2D eigenvalue weighted by molar-refractivity contribution is 5.15. The summed E-state index contributed by atoms with van der Waals surface area (Å²) < 4.78 is 2.14. The number of likely N-dealkylation sites (N-methyl/N-ethyl adjacent to an activating group) is 1. The van der Waals surface area contributed by atoms with Crippen LogP contribution in [-0.4, -0.2) is 39.9 Å². The summed E-state index contributed by atoms with van der Waals surface area (Å²) in [6, 6.07) is 2.53. The van der Waals surface area contributed by atoms with Gasteiger partial charge in [-0.15, -0.1) is 0 Å². The second-order valence-electron chi connectivity index (χ2n) is 6.32. The van der Waals surface area contributed by atoms with Crippen molar-refractivity contribution in [2.75, 3.05) is 19.6 Å². The number of likely N-dealkylation sites (tertiary alicyclic amines) is 1. The lowest BCUT2D eigenvalue weighted by Gasteiger charge is -2.48. The van der Waals surface area contributed by atoms with E-state index in [0.717, 1.165) is 19.5 Å². The van der Waals surface area contributed by atoms with Crippen LogP contribution in [0, 0.1) is 0 Å². The predicted molar refractivity (Wildman–Crippen MR) is 88.4 cm³/mol. The van der Waals surface area contributed by atoms with E-state index in [4.69, 9.17) is 0 Å². The minimum absolute atomic E-state index is 0.156. The summed E-state index contributed by atoms with van der Waals surface area (Å²) in [6.45, 7) is 13.5.